The van der Waals surface area contributed by atoms with Crippen LogP contribution in [0.15, 0.2) is 74.6 Å². The number of nitrogens with one attached hydrogen (secondary N) is 1. The number of benzene rings is 1. The van der Waals surface area contributed by atoms with Crippen LogP contribution in [0, 0.1) is 5.92 Å². The second kappa shape index (κ2) is 18.3. The van der Waals surface area contributed by atoms with Crippen LogP contribution in [0.1, 0.15) is 90.2 Å². The summed E-state index contributed by atoms with van der Waals surface area (Å²) in [6.07, 6.45) is 10.5. The number of oxime groups is 1. The molecule has 4 rings (SSSR count). The van der Waals surface area contributed by atoms with Crippen molar-refractivity contribution in [2.45, 2.75) is 97.1 Å². The van der Waals surface area contributed by atoms with Gasteiger partial charge in [0.05, 0.1) is 11.4 Å². The molecule has 18 heteroatoms. The fourth-order valence-corrected chi connectivity index (χ4v) is 7.81. The molecule has 1 fully saturated rings. The Morgan fingerprint density at radius 3 is 2.57 bits per heavy atom. The van der Waals surface area contributed by atoms with Crippen LogP contribution in [0.3, 0.4) is 0 Å². The first-order valence-corrected chi connectivity index (χ1v) is 20.5. The minimum absolute atomic E-state index is 0.0507. The van der Waals surface area contributed by atoms with Gasteiger partial charge in [0.25, 0.3) is 17.0 Å². The second-order valence-corrected chi connectivity index (χ2v) is 16.5. The average Bonchev–Trinajstić information content (AvgIpc) is 3.54. The van der Waals surface area contributed by atoms with Crippen molar-refractivity contribution in [3.63, 3.8) is 0 Å². The minimum atomic E-state index is -5.09. The third-order valence-corrected chi connectivity index (χ3v) is 11.1. The molecule has 16 nitrogen and oxygen atoms in total. The van der Waals surface area contributed by atoms with Gasteiger partial charge in [-0.15, -0.1) is 0 Å². The Bertz CT molecular complexity index is 2050. The highest BCUT2D eigenvalue weighted by Gasteiger charge is 2.50. The largest absolute Gasteiger partial charge is 0.507 e. The number of nitrogens with zero attached hydrogens (tertiary/aromatic N) is 4. The van der Waals surface area contributed by atoms with E-state index in [0.29, 0.717) is 11.3 Å². The number of amidine groups is 1. The summed E-state index contributed by atoms with van der Waals surface area (Å²) in [7, 11) is -3.59. The van der Waals surface area contributed by atoms with Gasteiger partial charge < -0.3 is 30.8 Å². The van der Waals surface area contributed by atoms with Gasteiger partial charge >= 0.3 is 16.3 Å². The van der Waals surface area contributed by atoms with Gasteiger partial charge in [-0.2, -0.15) is 12.7 Å². The molecule has 3 aliphatic rings. The van der Waals surface area contributed by atoms with Gasteiger partial charge in [-0.1, -0.05) is 66.6 Å². The number of carboxylic acids is 1. The van der Waals surface area contributed by atoms with Gasteiger partial charge in [-0.25, -0.2) is 14.8 Å². The quantitative estimate of drug-likeness (QED) is 0.0277. The molecule has 1 saturated heterocycles. The highest BCUT2D eigenvalue weighted by Crippen LogP contribution is 2.47. The zero-order chi connectivity index (χ0) is 41.5. The van der Waals surface area contributed by atoms with Crippen LogP contribution in [-0.2, 0) is 35.9 Å². The van der Waals surface area contributed by atoms with Crippen LogP contribution in [-0.4, -0.2) is 86.5 Å². The van der Waals surface area contributed by atoms with E-state index in [4.69, 9.17) is 15.3 Å². The first-order valence-electron chi connectivity index (χ1n) is 18.1. The van der Waals surface area contributed by atoms with Crippen LogP contribution in [0.25, 0.3) is 0 Å². The molecule has 56 heavy (non-hydrogen) atoms. The molecule has 6 N–H and O–H groups in total. The van der Waals surface area contributed by atoms with Crippen LogP contribution >= 0.6 is 11.8 Å². The summed E-state index contributed by atoms with van der Waals surface area (Å²) in [6, 6.07) is 2.10. The fourth-order valence-electron chi connectivity index (χ4n) is 6.35. The number of aliphatic carboxylic acids is 1. The van der Waals surface area contributed by atoms with Crippen LogP contribution in [0.2, 0.25) is 0 Å². The van der Waals surface area contributed by atoms with Crippen LogP contribution in [0.4, 0.5) is 0 Å². The summed E-state index contributed by atoms with van der Waals surface area (Å²) in [4.78, 5) is 51.5. The number of amides is 2. The normalized spacial score (nSPS) is 21.2. The number of nitrogens with two attached hydrogens (primary N) is 1. The Hall–Kier alpha value is -4.94. The second-order valence-electron chi connectivity index (χ2n) is 14.3. The average molecular weight is 815 g/mol. The van der Waals surface area contributed by atoms with E-state index in [-0.39, 0.29) is 56.5 Å². The molecule has 2 aliphatic heterocycles. The van der Waals surface area contributed by atoms with Gasteiger partial charge in [0, 0.05) is 30.7 Å². The number of β-lactam (4-membered cyclic amide) rings is 1. The number of hydrogen-bond acceptors (Lipinski definition) is 13. The predicted octanol–water partition coefficient (Wildman–Crippen LogP) is 5.13. The predicted molar refractivity (Wildman–Crippen MR) is 215 cm³/mol. The van der Waals surface area contributed by atoms with Crippen LogP contribution in [0.5, 0.6) is 11.5 Å². The molecule has 1 aliphatic carbocycles. The number of carboxylic acid groups (broad SMARTS) is 1. The number of rotatable bonds is 16. The lowest BCUT2D eigenvalue weighted by atomic mass is 9.73. The summed E-state index contributed by atoms with van der Waals surface area (Å²) in [5, 5.41) is 27.1. The van der Waals surface area contributed by atoms with E-state index < -0.39 is 45.4 Å². The molecule has 0 spiro atoms. The van der Waals surface area contributed by atoms with E-state index in [9.17, 15) is 37.6 Å². The van der Waals surface area contributed by atoms with Crippen molar-refractivity contribution in [3.05, 3.63) is 70.6 Å². The zero-order valence-electron chi connectivity index (χ0n) is 32.4. The van der Waals surface area contributed by atoms with Gasteiger partial charge in [0.1, 0.15) is 17.3 Å². The summed E-state index contributed by atoms with van der Waals surface area (Å²) >= 11 is 1.04. The molecule has 1 aromatic carbocycles. The maximum Gasteiger partial charge on any atom is 0.366 e. The van der Waals surface area contributed by atoms with E-state index in [2.05, 4.69) is 47.0 Å². The number of carbonyl (C=O) groups excluding carboxylic acids is 2. The maximum absolute atomic E-state index is 13.5. The molecule has 1 aromatic rings. The molecule has 2 amide bonds. The number of hydrogen-bond donors (Lipinski definition) is 5. The first kappa shape index (κ1) is 43.8. The lowest BCUT2D eigenvalue weighted by Crippen LogP contribution is -2.64. The number of phenolic OH excluding ortho intramolecular Hbond substituents is 1. The molecular formula is C38H50N6O10S2. The molecule has 0 radical (unpaired) electrons. The molecular weight excluding hydrogens is 765 g/mol. The Kier molecular flexibility index (Phi) is 14.3. The maximum atomic E-state index is 13.5. The van der Waals surface area contributed by atoms with Crippen molar-refractivity contribution in [1.29, 1.82) is 0 Å². The van der Waals surface area contributed by atoms with Crippen molar-refractivity contribution < 1.29 is 47.1 Å². The van der Waals surface area contributed by atoms with E-state index in [0.717, 1.165) is 61.4 Å². The van der Waals surface area contributed by atoms with E-state index in [1.54, 1.807) is 6.07 Å². The molecule has 2 heterocycles. The Balaban J connectivity index is 1.62. The molecule has 0 aromatic heterocycles. The number of unbranched alkanes of at least 4 members (excludes halogenated alkanes) is 2. The van der Waals surface area contributed by atoms with Crippen molar-refractivity contribution in [2.75, 3.05) is 12.8 Å². The van der Waals surface area contributed by atoms with Crippen molar-refractivity contribution in [1.82, 2.24) is 9.62 Å². The Morgan fingerprint density at radius 1 is 1.27 bits per heavy atom. The smallest absolute Gasteiger partial charge is 0.366 e. The van der Waals surface area contributed by atoms with E-state index >= 15 is 0 Å². The SMILES string of the molecule is C=C(C)[C@@H]1CCC(C)=C[C@H]1c1c(O)cc(CCCCC)cc1O/C(=N\C)SC/C=C1\[C@H](NC(=O)/C(=N\OC(C)(C)C(=O)O)C2=CCC(N)=N2)C(=O)N1S(=O)(=O)O. The van der Waals surface area contributed by atoms with E-state index in [1.165, 1.54) is 38.6 Å². The summed E-state index contributed by atoms with van der Waals surface area (Å²) in [5.74, 6) is -3.18. The highest BCUT2D eigenvalue weighted by atomic mass is 32.2. The van der Waals surface area contributed by atoms with Crippen molar-refractivity contribution in [3.8, 4) is 11.5 Å². The Morgan fingerprint density at radius 2 is 1.98 bits per heavy atom. The topological polar surface area (TPSA) is 243 Å². The number of carbonyl (C=O) groups is 3. The molecule has 0 bridgehead atoms. The van der Waals surface area contributed by atoms with E-state index in [1.807, 2.05) is 13.0 Å². The molecule has 0 saturated carbocycles. The molecule has 3 atom stereocenters. The van der Waals surface area contributed by atoms with Crippen molar-refractivity contribution in [2.24, 2.45) is 26.8 Å². The number of ether oxygens (including phenoxy) is 1. The number of allylic oxidation sites excluding steroid dienone is 3. The van der Waals surface area contributed by atoms with Crippen LogP contribution < -0.4 is 15.8 Å². The molecule has 0 unspecified atom stereocenters. The third-order valence-electron chi connectivity index (χ3n) is 9.43. The minimum Gasteiger partial charge on any atom is -0.507 e. The first-order chi connectivity index (χ1) is 26.3. The summed E-state index contributed by atoms with van der Waals surface area (Å²) < 4.78 is 40.9. The fraction of sp³-hybridized carbons (Fsp3) is 0.474. The number of aliphatic imine (C=N–C) groups is 2. The zero-order valence-corrected chi connectivity index (χ0v) is 34.0. The standard InChI is InChI=1S/C38H50N6O10S2/c1-8-9-10-11-23-19-28(45)31(25-18-22(4)12-13-24(25)21(2)3)29(20-23)53-37(40-7)55-17-16-27-33(35(47)44(27)56(50,51)52)42-34(46)32(26-14-15-30(39)41-26)43-54-38(5,6)36(48)49/h14,16,18-20,24-25,33,45H,2,8-13,15,17H2,1,3-7H3,(H2,39,41)(H,42,46)(H,48,49)(H,50,51,52)/b27-16+,40-37+,43-32-/t24-,25+,33-/m0/s1. The number of thioether (sulfide) groups is 1. The van der Waals surface area contributed by atoms with Crippen molar-refractivity contribution >= 4 is 56.6 Å². The summed E-state index contributed by atoms with van der Waals surface area (Å²) in [6.45, 7) is 12.7. The lowest BCUT2D eigenvalue weighted by molar-refractivity contribution is -0.161. The number of phenols is 1. The third kappa shape index (κ3) is 10.5. The van der Waals surface area contributed by atoms with Gasteiger partial charge in [0.15, 0.2) is 11.8 Å². The monoisotopic (exact) mass is 814 g/mol. The molecule has 304 valence electrons. The Labute approximate surface area is 331 Å². The van der Waals surface area contributed by atoms with Gasteiger partial charge in [0.2, 0.25) is 5.60 Å². The number of aryl methyl sites for hydroxylation is 1. The van der Waals surface area contributed by atoms with Gasteiger partial charge in [-0.05, 0) is 83.1 Å². The highest BCUT2D eigenvalue weighted by molar-refractivity contribution is 8.13. The lowest BCUT2D eigenvalue weighted by Gasteiger charge is -2.38. The van der Waals surface area contributed by atoms with Gasteiger partial charge in [-0.3, -0.25) is 14.1 Å². The summed E-state index contributed by atoms with van der Waals surface area (Å²) in [5.41, 5.74) is 6.68. The number of aromatic hydroxyl groups is 1.